The number of hydrogen-bond donors (Lipinski definition) is 2. The second kappa shape index (κ2) is 8.80. The van der Waals surface area contributed by atoms with Crippen molar-refractivity contribution in [2.24, 2.45) is 5.92 Å². The molecule has 0 aliphatic carbocycles. The lowest BCUT2D eigenvalue weighted by Crippen LogP contribution is -2.28. The van der Waals surface area contributed by atoms with Crippen LogP contribution in [0.5, 0.6) is 0 Å². The van der Waals surface area contributed by atoms with Gasteiger partial charge in [0.25, 0.3) is 0 Å². The molecule has 1 heterocycles. The molecule has 3 nitrogen and oxygen atoms in total. The highest BCUT2D eigenvalue weighted by molar-refractivity contribution is 7.20. The third kappa shape index (κ3) is 6.61. The van der Waals surface area contributed by atoms with Crippen LogP contribution in [0.25, 0.3) is 0 Å². The van der Waals surface area contributed by atoms with Gasteiger partial charge in [-0.3, -0.25) is 4.79 Å². The summed E-state index contributed by atoms with van der Waals surface area (Å²) < 4.78 is 1.39. The van der Waals surface area contributed by atoms with E-state index in [1.807, 2.05) is 13.0 Å². The average Bonchev–Trinajstić information content (AvgIpc) is 2.66. The van der Waals surface area contributed by atoms with E-state index in [0.717, 1.165) is 18.4 Å². The van der Waals surface area contributed by atoms with Crippen LogP contribution in [-0.4, -0.2) is 24.2 Å². The van der Waals surface area contributed by atoms with Crippen molar-refractivity contribution in [3.63, 3.8) is 0 Å². The molecule has 0 bridgehead atoms. The van der Waals surface area contributed by atoms with E-state index in [9.17, 15) is 4.79 Å². The predicted molar refractivity (Wildman–Crippen MR) is 81.2 cm³/mol. The highest BCUT2D eigenvalue weighted by atomic mass is 35.5. The molecular weight excluding hydrogens is 305 g/mol. The van der Waals surface area contributed by atoms with Crippen molar-refractivity contribution in [2.75, 3.05) is 13.2 Å². The number of amides is 1. The van der Waals surface area contributed by atoms with Crippen LogP contribution in [0.4, 0.5) is 0 Å². The second-order valence-electron chi connectivity index (χ2n) is 4.62. The molecule has 0 aliphatic rings. The number of aryl methyl sites for hydroxylation is 1. The van der Waals surface area contributed by atoms with Crippen LogP contribution >= 0.6 is 34.5 Å². The summed E-state index contributed by atoms with van der Waals surface area (Å²) in [5, 5.41) is 11.6. The molecule has 1 rings (SSSR count). The number of carbonyl (C=O) groups excluding carboxylic acids is 1. The van der Waals surface area contributed by atoms with Crippen molar-refractivity contribution in [3.05, 3.63) is 20.3 Å². The van der Waals surface area contributed by atoms with Gasteiger partial charge in [-0.2, -0.15) is 0 Å². The minimum absolute atomic E-state index is 0.0437. The molecular formula is C13H19Cl2NO2S. The first-order valence-corrected chi connectivity index (χ1v) is 7.91. The zero-order valence-electron chi connectivity index (χ0n) is 10.9. The monoisotopic (exact) mass is 323 g/mol. The molecule has 1 amide bonds. The number of rotatable bonds is 8. The zero-order chi connectivity index (χ0) is 14.3. The summed E-state index contributed by atoms with van der Waals surface area (Å²) in [6, 6.07) is 1.86. The maximum absolute atomic E-state index is 11.6. The number of carbonyl (C=O) groups is 1. The van der Waals surface area contributed by atoms with Crippen LogP contribution in [0, 0.1) is 5.92 Å². The number of halogens is 2. The van der Waals surface area contributed by atoms with Crippen LogP contribution < -0.4 is 5.32 Å². The molecule has 0 saturated heterocycles. The summed E-state index contributed by atoms with van der Waals surface area (Å²) in [6.45, 7) is 2.78. The molecule has 1 aromatic rings. The summed E-state index contributed by atoms with van der Waals surface area (Å²) in [4.78, 5) is 11.6. The molecule has 0 radical (unpaired) electrons. The summed E-state index contributed by atoms with van der Waals surface area (Å²) in [5.74, 6) is 0.348. The molecule has 0 aromatic carbocycles. The number of thiophene rings is 1. The Bertz CT molecular complexity index is 409. The van der Waals surface area contributed by atoms with Gasteiger partial charge in [-0.25, -0.2) is 0 Å². The first kappa shape index (κ1) is 16.8. The van der Waals surface area contributed by atoms with E-state index in [1.165, 1.54) is 11.3 Å². The smallest absolute Gasteiger partial charge is 0.220 e. The van der Waals surface area contributed by atoms with E-state index < -0.39 is 0 Å². The van der Waals surface area contributed by atoms with Crippen molar-refractivity contribution in [2.45, 2.75) is 32.6 Å². The fraction of sp³-hybridized carbons (Fsp3) is 0.615. The van der Waals surface area contributed by atoms with Crippen molar-refractivity contribution in [3.8, 4) is 0 Å². The van der Waals surface area contributed by atoms with Crippen molar-refractivity contribution in [1.29, 1.82) is 0 Å². The van der Waals surface area contributed by atoms with Gasteiger partial charge in [-0.15, -0.1) is 11.3 Å². The maximum atomic E-state index is 11.6. The molecule has 0 aliphatic heterocycles. The first-order valence-electron chi connectivity index (χ1n) is 6.34. The molecule has 1 atom stereocenters. The molecule has 6 heteroatoms. The molecule has 1 unspecified atom stereocenters. The number of hydrogen-bond acceptors (Lipinski definition) is 3. The molecule has 1 aromatic heterocycles. The Morgan fingerprint density at radius 2 is 2.26 bits per heavy atom. The fourth-order valence-electron chi connectivity index (χ4n) is 1.68. The van der Waals surface area contributed by atoms with Crippen molar-refractivity contribution < 1.29 is 9.90 Å². The van der Waals surface area contributed by atoms with E-state index >= 15 is 0 Å². The Morgan fingerprint density at radius 3 is 2.84 bits per heavy atom. The van der Waals surface area contributed by atoms with Gasteiger partial charge in [-0.1, -0.05) is 30.1 Å². The van der Waals surface area contributed by atoms with Crippen LogP contribution in [0.1, 0.15) is 31.7 Å². The average molecular weight is 324 g/mol. The van der Waals surface area contributed by atoms with Crippen LogP contribution in [0.2, 0.25) is 8.67 Å². The van der Waals surface area contributed by atoms with E-state index in [1.54, 1.807) is 0 Å². The van der Waals surface area contributed by atoms with Gasteiger partial charge in [-0.05, 0) is 36.8 Å². The summed E-state index contributed by atoms with van der Waals surface area (Å²) in [7, 11) is 0. The highest BCUT2D eigenvalue weighted by Crippen LogP contribution is 2.31. The molecule has 19 heavy (non-hydrogen) atoms. The summed E-state index contributed by atoms with van der Waals surface area (Å²) in [5.41, 5.74) is 1.01. The lowest BCUT2D eigenvalue weighted by Gasteiger charge is -2.10. The lowest BCUT2D eigenvalue weighted by atomic mass is 10.1. The van der Waals surface area contributed by atoms with Gasteiger partial charge >= 0.3 is 0 Å². The quantitative estimate of drug-likeness (QED) is 0.769. The van der Waals surface area contributed by atoms with Crippen molar-refractivity contribution in [1.82, 2.24) is 5.32 Å². The van der Waals surface area contributed by atoms with Gasteiger partial charge in [0.2, 0.25) is 5.91 Å². The van der Waals surface area contributed by atoms with E-state index in [2.05, 4.69) is 5.32 Å². The molecule has 0 fully saturated rings. The SMILES string of the molecule is CC(CCO)CNC(=O)CCCc1cc(Cl)sc1Cl. The fourth-order valence-corrected chi connectivity index (χ4v) is 3.23. The van der Waals surface area contributed by atoms with Gasteiger partial charge in [0.15, 0.2) is 0 Å². The largest absolute Gasteiger partial charge is 0.396 e. The van der Waals surface area contributed by atoms with E-state index in [0.29, 0.717) is 34.0 Å². The zero-order valence-corrected chi connectivity index (χ0v) is 13.2. The van der Waals surface area contributed by atoms with E-state index in [-0.39, 0.29) is 12.5 Å². The molecule has 0 spiro atoms. The minimum Gasteiger partial charge on any atom is -0.396 e. The van der Waals surface area contributed by atoms with Crippen molar-refractivity contribution >= 4 is 40.4 Å². The van der Waals surface area contributed by atoms with Crippen LogP contribution in [0.3, 0.4) is 0 Å². The highest BCUT2D eigenvalue weighted by Gasteiger charge is 2.08. The maximum Gasteiger partial charge on any atom is 0.220 e. The van der Waals surface area contributed by atoms with Crippen LogP contribution in [-0.2, 0) is 11.2 Å². The predicted octanol–water partition coefficient (Wildman–Crippen LogP) is 3.51. The Kier molecular flexibility index (Phi) is 7.76. The number of nitrogens with one attached hydrogen (secondary N) is 1. The van der Waals surface area contributed by atoms with E-state index in [4.69, 9.17) is 28.3 Å². The number of aliphatic hydroxyl groups is 1. The van der Waals surface area contributed by atoms with Gasteiger partial charge < -0.3 is 10.4 Å². The Morgan fingerprint density at radius 1 is 1.53 bits per heavy atom. The normalized spacial score (nSPS) is 12.4. The summed E-state index contributed by atoms with van der Waals surface area (Å²) >= 11 is 13.2. The second-order valence-corrected chi connectivity index (χ2v) is 6.91. The Hall–Kier alpha value is -0.290. The van der Waals surface area contributed by atoms with Crippen LogP contribution in [0.15, 0.2) is 6.07 Å². The first-order chi connectivity index (χ1) is 9.02. The minimum atomic E-state index is 0.0437. The summed E-state index contributed by atoms with van der Waals surface area (Å²) in [6.07, 6.45) is 2.72. The number of aliphatic hydroxyl groups excluding tert-OH is 1. The Balaban J connectivity index is 2.18. The molecule has 0 saturated carbocycles. The standard InChI is InChI=1S/C13H19Cl2NO2S/c1-9(5-6-17)8-16-12(18)4-2-3-10-7-11(14)19-13(10)15/h7,9,17H,2-6,8H2,1H3,(H,16,18). The van der Waals surface area contributed by atoms with Gasteiger partial charge in [0.05, 0.1) is 8.67 Å². The van der Waals surface area contributed by atoms with Gasteiger partial charge in [0, 0.05) is 19.6 Å². The lowest BCUT2D eigenvalue weighted by molar-refractivity contribution is -0.121. The molecule has 2 N–H and O–H groups in total. The topological polar surface area (TPSA) is 49.3 Å². The third-order valence-electron chi connectivity index (χ3n) is 2.85. The Labute approximate surface area is 127 Å². The third-order valence-corrected chi connectivity index (χ3v) is 4.42. The van der Waals surface area contributed by atoms with Gasteiger partial charge in [0.1, 0.15) is 0 Å². The molecule has 108 valence electrons.